The molecule has 0 aromatic rings. The molecule has 70 valence electrons. The van der Waals surface area contributed by atoms with Crippen molar-refractivity contribution in [3.63, 3.8) is 0 Å². The van der Waals surface area contributed by atoms with Gasteiger partial charge in [0.05, 0.1) is 11.0 Å². The van der Waals surface area contributed by atoms with Gasteiger partial charge in [0.25, 0.3) is 0 Å². The molecular formula is C6H11IN2O3. The lowest BCUT2D eigenvalue weighted by molar-refractivity contribution is -0.117. The minimum atomic E-state index is -0.478. The van der Waals surface area contributed by atoms with Gasteiger partial charge in [-0.3, -0.25) is 10.1 Å². The number of alkyl halides is 1. The minimum Gasteiger partial charge on any atom is -0.383 e. The van der Waals surface area contributed by atoms with Crippen LogP contribution in [-0.4, -0.2) is 36.6 Å². The zero-order valence-electron chi connectivity index (χ0n) is 6.72. The van der Waals surface area contributed by atoms with Gasteiger partial charge >= 0.3 is 6.03 Å². The number of carbonyl (C=O) groups excluding carboxylic acids is 2. The second kappa shape index (κ2) is 7.29. The molecule has 3 amide bonds. The Morgan fingerprint density at radius 3 is 2.67 bits per heavy atom. The van der Waals surface area contributed by atoms with Gasteiger partial charge in [-0.2, -0.15) is 0 Å². The van der Waals surface area contributed by atoms with Crippen LogP contribution < -0.4 is 10.6 Å². The molecule has 5 nitrogen and oxygen atoms in total. The van der Waals surface area contributed by atoms with Crippen molar-refractivity contribution in [3.8, 4) is 0 Å². The molecule has 0 saturated heterocycles. The fourth-order valence-corrected chi connectivity index (χ4v) is 0.662. The van der Waals surface area contributed by atoms with E-state index in [-0.39, 0.29) is 10.3 Å². The van der Waals surface area contributed by atoms with Crippen molar-refractivity contribution in [1.29, 1.82) is 0 Å². The fourth-order valence-electron chi connectivity index (χ4n) is 0.471. The van der Waals surface area contributed by atoms with Crippen LogP contribution in [0.25, 0.3) is 0 Å². The third-order valence-electron chi connectivity index (χ3n) is 0.966. The maximum Gasteiger partial charge on any atom is 0.321 e. The van der Waals surface area contributed by atoms with E-state index in [9.17, 15) is 9.59 Å². The average Bonchev–Trinajstić information content (AvgIpc) is 2.05. The zero-order valence-corrected chi connectivity index (χ0v) is 8.88. The van der Waals surface area contributed by atoms with Gasteiger partial charge in [0, 0.05) is 13.7 Å². The predicted octanol–water partition coefficient (Wildman–Crippen LogP) is -0.106. The lowest BCUT2D eigenvalue weighted by atomic mass is 10.6. The van der Waals surface area contributed by atoms with Crippen LogP contribution in [0.1, 0.15) is 0 Å². The van der Waals surface area contributed by atoms with Crippen molar-refractivity contribution in [2.45, 2.75) is 0 Å². The van der Waals surface area contributed by atoms with Crippen LogP contribution in [0.15, 0.2) is 0 Å². The Hall–Kier alpha value is -0.370. The molecule has 6 heteroatoms. The molecule has 0 rings (SSSR count). The molecule has 0 aliphatic rings. The van der Waals surface area contributed by atoms with Crippen molar-refractivity contribution in [2.75, 3.05) is 24.7 Å². The van der Waals surface area contributed by atoms with E-state index >= 15 is 0 Å². The molecule has 0 aliphatic heterocycles. The Morgan fingerprint density at radius 2 is 2.17 bits per heavy atom. The van der Waals surface area contributed by atoms with Crippen molar-refractivity contribution in [2.24, 2.45) is 0 Å². The topological polar surface area (TPSA) is 67.4 Å². The normalized spacial score (nSPS) is 9.17. The standard InChI is InChI=1S/C6H11IN2O3/c1-12-3-2-8-6(11)9-5(10)4-7/h2-4H2,1H3,(H2,8,9,10,11). The summed E-state index contributed by atoms with van der Waals surface area (Å²) in [7, 11) is 1.54. The first kappa shape index (κ1) is 11.6. The van der Waals surface area contributed by atoms with Crippen molar-refractivity contribution in [3.05, 3.63) is 0 Å². The Bertz CT molecular complexity index is 163. The van der Waals surface area contributed by atoms with E-state index in [1.807, 2.05) is 22.6 Å². The highest BCUT2D eigenvalue weighted by Crippen LogP contribution is 1.79. The maximum absolute atomic E-state index is 10.8. The van der Waals surface area contributed by atoms with Crippen LogP contribution in [0.5, 0.6) is 0 Å². The van der Waals surface area contributed by atoms with Gasteiger partial charge < -0.3 is 10.1 Å². The van der Waals surface area contributed by atoms with Crippen LogP contribution in [-0.2, 0) is 9.53 Å². The van der Waals surface area contributed by atoms with E-state index in [1.165, 1.54) is 7.11 Å². The SMILES string of the molecule is COCCNC(=O)NC(=O)CI. The lowest BCUT2D eigenvalue weighted by Crippen LogP contribution is -2.41. The van der Waals surface area contributed by atoms with Crippen LogP contribution >= 0.6 is 22.6 Å². The molecule has 0 fully saturated rings. The van der Waals surface area contributed by atoms with E-state index in [0.29, 0.717) is 13.2 Å². The molecule has 0 saturated carbocycles. The van der Waals surface area contributed by atoms with Gasteiger partial charge in [0.15, 0.2) is 0 Å². The number of halogens is 1. The summed E-state index contributed by atoms with van der Waals surface area (Å²) in [6.07, 6.45) is 0. The first-order chi connectivity index (χ1) is 5.70. The van der Waals surface area contributed by atoms with Crippen molar-refractivity contribution >= 4 is 34.5 Å². The summed E-state index contributed by atoms with van der Waals surface area (Å²) in [5.74, 6) is -0.300. The van der Waals surface area contributed by atoms with E-state index < -0.39 is 6.03 Å². The number of urea groups is 1. The Balaban J connectivity index is 3.40. The summed E-state index contributed by atoms with van der Waals surface area (Å²) < 4.78 is 4.97. The molecule has 0 aromatic heterocycles. The second-order valence-electron chi connectivity index (χ2n) is 1.93. The number of hydrogen-bond acceptors (Lipinski definition) is 3. The minimum absolute atomic E-state index is 0.273. The number of rotatable bonds is 4. The molecule has 2 N–H and O–H groups in total. The van der Waals surface area contributed by atoms with Gasteiger partial charge in [-0.1, -0.05) is 22.6 Å². The molecule has 0 spiro atoms. The second-order valence-corrected chi connectivity index (χ2v) is 2.69. The third kappa shape index (κ3) is 6.35. The van der Waals surface area contributed by atoms with E-state index in [1.54, 1.807) is 0 Å². The highest BCUT2D eigenvalue weighted by atomic mass is 127. The highest BCUT2D eigenvalue weighted by molar-refractivity contribution is 14.1. The Labute approximate surface area is 84.4 Å². The summed E-state index contributed by atoms with van der Waals surface area (Å²) in [6.45, 7) is 0.836. The zero-order chi connectivity index (χ0) is 9.40. The molecular weight excluding hydrogens is 275 g/mol. The van der Waals surface area contributed by atoms with Gasteiger partial charge in [-0.15, -0.1) is 0 Å². The number of nitrogens with one attached hydrogen (secondary N) is 2. The van der Waals surface area contributed by atoms with Gasteiger partial charge in [0.2, 0.25) is 5.91 Å². The quantitative estimate of drug-likeness (QED) is 0.430. The molecule has 0 atom stereocenters. The fraction of sp³-hybridized carbons (Fsp3) is 0.667. The number of hydrogen-bond donors (Lipinski definition) is 2. The monoisotopic (exact) mass is 286 g/mol. The molecule has 0 unspecified atom stereocenters. The van der Waals surface area contributed by atoms with Crippen LogP contribution in [0.2, 0.25) is 0 Å². The molecule has 12 heavy (non-hydrogen) atoms. The number of carbonyl (C=O) groups is 2. The highest BCUT2D eigenvalue weighted by Gasteiger charge is 2.03. The number of amides is 3. The largest absolute Gasteiger partial charge is 0.383 e. The van der Waals surface area contributed by atoms with Gasteiger partial charge in [-0.05, 0) is 0 Å². The predicted molar refractivity (Wildman–Crippen MR) is 52.3 cm³/mol. The summed E-state index contributed by atoms with van der Waals surface area (Å²) in [5, 5.41) is 4.59. The van der Waals surface area contributed by atoms with Gasteiger partial charge in [0.1, 0.15) is 0 Å². The summed E-state index contributed by atoms with van der Waals surface area (Å²) in [4.78, 5) is 21.4. The summed E-state index contributed by atoms with van der Waals surface area (Å²) >= 11 is 1.88. The van der Waals surface area contributed by atoms with Crippen molar-refractivity contribution in [1.82, 2.24) is 10.6 Å². The van der Waals surface area contributed by atoms with Crippen LogP contribution in [0, 0.1) is 0 Å². The summed E-state index contributed by atoms with van der Waals surface area (Å²) in [5.41, 5.74) is 0. The molecule has 0 radical (unpaired) electrons. The third-order valence-corrected chi connectivity index (χ3v) is 1.66. The Morgan fingerprint density at radius 1 is 1.50 bits per heavy atom. The van der Waals surface area contributed by atoms with E-state index in [4.69, 9.17) is 4.74 Å². The van der Waals surface area contributed by atoms with E-state index in [2.05, 4.69) is 10.6 Å². The van der Waals surface area contributed by atoms with E-state index in [0.717, 1.165) is 0 Å². The number of imide groups is 1. The molecule has 0 heterocycles. The first-order valence-electron chi connectivity index (χ1n) is 3.33. The van der Waals surface area contributed by atoms with Crippen molar-refractivity contribution < 1.29 is 14.3 Å². The molecule has 0 aliphatic carbocycles. The smallest absolute Gasteiger partial charge is 0.321 e. The summed E-state index contributed by atoms with van der Waals surface area (Å²) in [6, 6.07) is -0.478. The average molecular weight is 286 g/mol. The van der Waals surface area contributed by atoms with Crippen LogP contribution in [0.3, 0.4) is 0 Å². The van der Waals surface area contributed by atoms with Gasteiger partial charge in [-0.25, -0.2) is 4.79 Å². The lowest BCUT2D eigenvalue weighted by Gasteiger charge is -2.03. The maximum atomic E-state index is 10.8. The Kier molecular flexibility index (Phi) is 7.06. The number of ether oxygens (including phenoxy) is 1. The number of methoxy groups -OCH3 is 1. The molecule has 0 bridgehead atoms. The first-order valence-corrected chi connectivity index (χ1v) is 4.86. The molecule has 0 aromatic carbocycles. The van der Waals surface area contributed by atoms with Crippen LogP contribution in [0.4, 0.5) is 4.79 Å².